The molecule has 116 valence electrons. The van der Waals surface area contributed by atoms with Crippen molar-refractivity contribution in [3.8, 4) is 0 Å². The summed E-state index contributed by atoms with van der Waals surface area (Å²) in [7, 11) is 0. The minimum atomic E-state index is 0.837. The number of quaternary nitrogens is 1. The Balaban J connectivity index is 1.30. The van der Waals surface area contributed by atoms with Crippen molar-refractivity contribution in [3.05, 3.63) is 65.7 Å². The van der Waals surface area contributed by atoms with Gasteiger partial charge < -0.3 is 9.64 Å². The highest BCUT2D eigenvalue weighted by Crippen LogP contribution is 2.16. The summed E-state index contributed by atoms with van der Waals surface area (Å²) in [6, 6.07) is 19.4. The maximum atomic E-state index is 5.80. The Morgan fingerprint density at radius 3 is 2.55 bits per heavy atom. The molecule has 3 rings (SSSR count). The standard InChI is InChI=1S/C19H23NOS/c1-2-8-19(9-3-1)22-15-14-21-13-12-20-11-10-17-6-4-5-7-18(17)16-20/h1-9H,10-16H2/p+1. The smallest absolute Gasteiger partial charge is 0.103 e. The van der Waals surface area contributed by atoms with Gasteiger partial charge in [-0.25, -0.2) is 0 Å². The zero-order valence-electron chi connectivity index (χ0n) is 13.0. The molecule has 2 aromatic rings. The van der Waals surface area contributed by atoms with E-state index >= 15 is 0 Å². The molecule has 0 saturated heterocycles. The fourth-order valence-electron chi connectivity index (χ4n) is 2.91. The largest absolute Gasteiger partial charge is 0.375 e. The number of ether oxygens (including phenoxy) is 1. The van der Waals surface area contributed by atoms with Gasteiger partial charge in [0.05, 0.1) is 19.8 Å². The molecule has 1 aliphatic heterocycles. The van der Waals surface area contributed by atoms with E-state index in [2.05, 4.69) is 54.6 Å². The van der Waals surface area contributed by atoms with E-state index in [1.807, 2.05) is 11.8 Å². The first-order valence-corrected chi connectivity index (χ1v) is 9.06. The van der Waals surface area contributed by atoms with E-state index in [4.69, 9.17) is 4.74 Å². The summed E-state index contributed by atoms with van der Waals surface area (Å²) in [4.78, 5) is 2.97. The lowest BCUT2D eigenvalue weighted by atomic mass is 10.0. The molecule has 0 aromatic heterocycles. The van der Waals surface area contributed by atoms with Gasteiger partial charge >= 0.3 is 0 Å². The Kier molecular flexibility index (Phi) is 5.94. The average Bonchev–Trinajstić information content (AvgIpc) is 2.59. The third-order valence-corrected chi connectivity index (χ3v) is 5.12. The van der Waals surface area contributed by atoms with Crippen LogP contribution in [0, 0.1) is 0 Å². The van der Waals surface area contributed by atoms with Crippen molar-refractivity contribution in [1.29, 1.82) is 0 Å². The molecule has 0 fully saturated rings. The van der Waals surface area contributed by atoms with Crippen molar-refractivity contribution < 1.29 is 9.64 Å². The SMILES string of the molecule is c1ccc(SCCOCC[NH+]2CCc3ccccc3C2)cc1. The molecule has 0 bridgehead atoms. The van der Waals surface area contributed by atoms with E-state index in [0.29, 0.717) is 0 Å². The minimum absolute atomic E-state index is 0.837. The minimum Gasteiger partial charge on any atom is -0.375 e. The fraction of sp³-hybridized carbons (Fsp3) is 0.368. The first-order valence-electron chi connectivity index (χ1n) is 8.08. The highest BCUT2D eigenvalue weighted by molar-refractivity contribution is 7.99. The van der Waals surface area contributed by atoms with Crippen molar-refractivity contribution in [3.63, 3.8) is 0 Å². The van der Waals surface area contributed by atoms with Gasteiger partial charge in [-0.05, 0) is 17.7 Å². The number of rotatable bonds is 7. The average molecular weight is 314 g/mol. The summed E-state index contributed by atoms with van der Waals surface area (Å²) >= 11 is 1.87. The van der Waals surface area contributed by atoms with Gasteiger partial charge in [0.1, 0.15) is 13.1 Å². The third kappa shape index (κ3) is 4.60. The number of fused-ring (bicyclic) bond motifs is 1. The molecule has 2 aromatic carbocycles. The predicted molar refractivity (Wildman–Crippen MR) is 92.5 cm³/mol. The second-order valence-electron chi connectivity index (χ2n) is 5.72. The van der Waals surface area contributed by atoms with Gasteiger partial charge in [0.2, 0.25) is 0 Å². The Bertz CT molecular complexity index is 573. The molecular formula is C19H24NOS+. The van der Waals surface area contributed by atoms with E-state index in [-0.39, 0.29) is 0 Å². The lowest BCUT2D eigenvalue weighted by Crippen LogP contribution is -3.12. The molecule has 0 saturated carbocycles. The number of nitrogens with one attached hydrogen (secondary N) is 1. The van der Waals surface area contributed by atoms with Crippen LogP contribution in [0.25, 0.3) is 0 Å². The van der Waals surface area contributed by atoms with Crippen LogP contribution < -0.4 is 4.90 Å². The van der Waals surface area contributed by atoms with E-state index < -0.39 is 0 Å². The van der Waals surface area contributed by atoms with Crippen molar-refractivity contribution in [2.45, 2.75) is 17.9 Å². The zero-order valence-corrected chi connectivity index (χ0v) is 13.8. The lowest BCUT2D eigenvalue weighted by molar-refractivity contribution is -0.916. The predicted octanol–water partition coefficient (Wildman–Crippen LogP) is 2.44. The molecule has 1 aliphatic rings. The van der Waals surface area contributed by atoms with Gasteiger partial charge in [0.15, 0.2) is 0 Å². The number of hydrogen-bond donors (Lipinski definition) is 1. The number of thioether (sulfide) groups is 1. The lowest BCUT2D eigenvalue weighted by Gasteiger charge is -2.25. The maximum Gasteiger partial charge on any atom is 0.103 e. The molecule has 0 amide bonds. The van der Waals surface area contributed by atoms with Crippen molar-refractivity contribution in [2.75, 3.05) is 32.1 Å². The van der Waals surface area contributed by atoms with Crippen LogP contribution in [0.15, 0.2) is 59.5 Å². The fourth-order valence-corrected chi connectivity index (χ4v) is 3.70. The second kappa shape index (κ2) is 8.37. The van der Waals surface area contributed by atoms with Gasteiger partial charge in [-0.15, -0.1) is 11.8 Å². The normalized spacial score (nSPS) is 17.2. The molecule has 22 heavy (non-hydrogen) atoms. The van der Waals surface area contributed by atoms with Crippen LogP contribution in [0.2, 0.25) is 0 Å². The van der Waals surface area contributed by atoms with Crippen LogP contribution in [-0.2, 0) is 17.7 Å². The molecular weight excluding hydrogens is 290 g/mol. The van der Waals surface area contributed by atoms with Crippen LogP contribution in [0.5, 0.6) is 0 Å². The Morgan fingerprint density at radius 2 is 1.68 bits per heavy atom. The summed E-state index contributed by atoms with van der Waals surface area (Å²) in [6.45, 7) is 5.21. The molecule has 0 radical (unpaired) electrons. The first kappa shape index (κ1) is 15.6. The molecule has 1 atom stereocenters. The quantitative estimate of drug-likeness (QED) is 0.623. The van der Waals surface area contributed by atoms with Crippen LogP contribution in [0.1, 0.15) is 11.1 Å². The van der Waals surface area contributed by atoms with Crippen LogP contribution in [-0.4, -0.2) is 32.1 Å². The van der Waals surface area contributed by atoms with Crippen LogP contribution in [0.4, 0.5) is 0 Å². The Labute approximate surface area is 137 Å². The molecule has 1 unspecified atom stereocenters. The summed E-state index contributed by atoms with van der Waals surface area (Å²) < 4.78 is 5.80. The monoisotopic (exact) mass is 314 g/mol. The van der Waals surface area contributed by atoms with E-state index in [9.17, 15) is 0 Å². The molecule has 1 N–H and O–H groups in total. The van der Waals surface area contributed by atoms with E-state index in [1.165, 1.54) is 29.0 Å². The highest BCUT2D eigenvalue weighted by atomic mass is 32.2. The Hall–Kier alpha value is -1.29. The first-order chi connectivity index (χ1) is 10.9. The highest BCUT2D eigenvalue weighted by Gasteiger charge is 2.18. The molecule has 0 aliphatic carbocycles. The third-order valence-electron chi connectivity index (χ3n) is 4.15. The number of benzene rings is 2. The van der Waals surface area contributed by atoms with Crippen molar-refractivity contribution in [1.82, 2.24) is 0 Å². The topological polar surface area (TPSA) is 13.7 Å². The van der Waals surface area contributed by atoms with Gasteiger partial charge in [-0.1, -0.05) is 42.5 Å². The zero-order chi connectivity index (χ0) is 15.0. The number of hydrogen-bond acceptors (Lipinski definition) is 2. The van der Waals surface area contributed by atoms with Gasteiger partial charge in [0, 0.05) is 22.6 Å². The second-order valence-corrected chi connectivity index (χ2v) is 6.89. The van der Waals surface area contributed by atoms with Crippen LogP contribution in [0.3, 0.4) is 0 Å². The van der Waals surface area contributed by atoms with Gasteiger partial charge in [-0.2, -0.15) is 0 Å². The summed E-state index contributed by atoms with van der Waals surface area (Å²) in [5.74, 6) is 1.03. The van der Waals surface area contributed by atoms with Gasteiger partial charge in [0.25, 0.3) is 0 Å². The van der Waals surface area contributed by atoms with Crippen LogP contribution >= 0.6 is 11.8 Å². The molecule has 1 heterocycles. The molecule has 0 spiro atoms. The summed E-state index contributed by atoms with van der Waals surface area (Å²) in [6.07, 6.45) is 1.20. The molecule has 3 heteroatoms. The van der Waals surface area contributed by atoms with Gasteiger partial charge in [-0.3, -0.25) is 0 Å². The van der Waals surface area contributed by atoms with Crippen molar-refractivity contribution >= 4 is 11.8 Å². The summed E-state index contributed by atoms with van der Waals surface area (Å²) in [5.41, 5.74) is 3.05. The maximum absolute atomic E-state index is 5.80. The summed E-state index contributed by atoms with van der Waals surface area (Å²) in [5, 5.41) is 0. The van der Waals surface area contributed by atoms with E-state index in [1.54, 1.807) is 4.90 Å². The Morgan fingerprint density at radius 1 is 0.909 bits per heavy atom. The molecule has 2 nitrogen and oxygen atoms in total. The van der Waals surface area contributed by atoms with Crippen molar-refractivity contribution in [2.24, 2.45) is 0 Å². The van der Waals surface area contributed by atoms with E-state index in [0.717, 1.165) is 32.1 Å².